The molecule has 2 aromatic rings. The lowest BCUT2D eigenvalue weighted by Crippen LogP contribution is -2.41. The van der Waals surface area contributed by atoms with Crippen LogP contribution in [0.15, 0.2) is 24.4 Å². The van der Waals surface area contributed by atoms with Gasteiger partial charge >= 0.3 is 13.1 Å². The van der Waals surface area contributed by atoms with Crippen LogP contribution in [0.3, 0.4) is 0 Å². The van der Waals surface area contributed by atoms with Crippen molar-refractivity contribution < 1.29 is 18.8 Å². The molecule has 1 aliphatic rings. The van der Waals surface area contributed by atoms with Crippen LogP contribution in [-0.4, -0.2) is 35.9 Å². The van der Waals surface area contributed by atoms with Crippen molar-refractivity contribution >= 4 is 29.5 Å². The number of ether oxygens (including phenoxy) is 1. The number of fused-ring (bicyclic) bond motifs is 1. The third-order valence-corrected chi connectivity index (χ3v) is 4.96. The average Bonchev–Trinajstić information content (AvgIpc) is 2.97. The van der Waals surface area contributed by atoms with Crippen LogP contribution in [0.2, 0.25) is 0 Å². The Bertz CT molecular complexity index is 749. The van der Waals surface area contributed by atoms with E-state index in [1.165, 1.54) is 0 Å². The molecule has 24 heavy (non-hydrogen) atoms. The molecule has 6 heteroatoms. The summed E-state index contributed by atoms with van der Waals surface area (Å²) in [5.41, 5.74) is 2.13. The van der Waals surface area contributed by atoms with Crippen LogP contribution in [0.1, 0.15) is 40.2 Å². The Morgan fingerprint density at radius 3 is 2.50 bits per heavy atom. The number of hydrogen-bond donors (Lipinski definition) is 1. The van der Waals surface area contributed by atoms with Crippen LogP contribution < -0.4 is 5.46 Å². The van der Waals surface area contributed by atoms with E-state index < -0.39 is 7.12 Å². The summed E-state index contributed by atoms with van der Waals surface area (Å²) in [6.45, 7) is 10.4. The number of carbonyl (C=O) groups is 1. The molecule has 1 aliphatic heterocycles. The second kappa shape index (κ2) is 5.94. The monoisotopic (exact) mass is 329 g/mol. The lowest BCUT2D eigenvalue weighted by molar-refractivity contribution is -0.142. The Hall–Kier alpha value is -1.79. The number of aromatic amines is 1. The summed E-state index contributed by atoms with van der Waals surface area (Å²) >= 11 is 0. The molecule has 1 aromatic carbocycles. The van der Waals surface area contributed by atoms with E-state index in [-0.39, 0.29) is 23.6 Å². The molecule has 1 aromatic heterocycles. The number of aromatic nitrogens is 1. The van der Waals surface area contributed by atoms with Crippen LogP contribution in [0.4, 0.5) is 0 Å². The number of hydrogen-bond acceptors (Lipinski definition) is 4. The topological polar surface area (TPSA) is 60.6 Å². The lowest BCUT2D eigenvalue weighted by atomic mass is 9.78. The van der Waals surface area contributed by atoms with Gasteiger partial charge in [0, 0.05) is 17.1 Å². The normalized spacial score (nSPS) is 19.0. The summed E-state index contributed by atoms with van der Waals surface area (Å²) in [7, 11) is -0.392. The molecule has 1 N–H and O–H groups in total. The van der Waals surface area contributed by atoms with Gasteiger partial charge in [-0.3, -0.25) is 4.79 Å². The number of H-pyrrole nitrogens is 1. The molecule has 0 unspecified atom stereocenters. The molecule has 1 saturated heterocycles. The van der Waals surface area contributed by atoms with Crippen LogP contribution in [0.25, 0.3) is 10.9 Å². The van der Waals surface area contributed by atoms with E-state index in [9.17, 15) is 4.79 Å². The third-order valence-electron chi connectivity index (χ3n) is 4.96. The molecular weight excluding hydrogens is 305 g/mol. The zero-order valence-electron chi connectivity index (χ0n) is 14.9. The summed E-state index contributed by atoms with van der Waals surface area (Å²) in [5.74, 6) is -0.214. The summed E-state index contributed by atoms with van der Waals surface area (Å²) in [6, 6.07) is 6.01. The molecule has 0 atom stereocenters. The Labute approximate surface area is 142 Å². The van der Waals surface area contributed by atoms with E-state index in [0.29, 0.717) is 6.61 Å². The fraction of sp³-hybridized carbons (Fsp3) is 0.500. The maximum atomic E-state index is 11.7. The molecule has 0 amide bonds. The van der Waals surface area contributed by atoms with Crippen molar-refractivity contribution in [2.45, 2.75) is 52.2 Å². The largest absolute Gasteiger partial charge is 0.494 e. The Balaban J connectivity index is 1.85. The SMILES string of the molecule is CCOC(=O)Cc1c[nH]c2cc(B3OC(C)(C)C(C)(C)O3)ccc12. The second-order valence-electron chi connectivity index (χ2n) is 7.19. The number of benzene rings is 1. The van der Waals surface area contributed by atoms with Gasteiger partial charge in [-0.1, -0.05) is 12.1 Å². The van der Waals surface area contributed by atoms with Gasteiger partial charge in [-0.25, -0.2) is 0 Å². The summed E-state index contributed by atoms with van der Waals surface area (Å²) < 4.78 is 17.2. The number of carbonyl (C=O) groups excluding carboxylic acids is 1. The van der Waals surface area contributed by atoms with Gasteiger partial charge in [0.15, 0.2) is 0 Å². The lowest BCUT2D eigenvalue weighted by Gasteiger charge is -2.32. The smallest absolute Gasteiger partial charge is 0.466 e. The standard InChI is InChI=1S/C18H24BNO4/c1-6-22-16(21)9-12-11-20-15-10-13(7-8-14(12)15)19-23-17(2,3)18(4,5)24-19/h7-8,10-11,20H,6,9H2,1-5H3. The van der Waals surface area contributed by atoms with E-state index in [2.05, 4.69) is 4.98 Å². The van der Waals surface area contributed by atoms with Gasteiger partial charge in [0.1, 0.15) is 0 Å². The molecule has 0 aliphatic carbocycles. The van der Waals surface area contributed by atoms with Crippen molar-refractivity contribution in [2.24, 2.45) is 0 Å². The quantitative estimate of drug-likeness (QED) is 0.692. The highest BCUT2D eigenvalue weighted by Crippen LogP contribution is 2.36. The van der Waals surface area contributed by atoms with Crippen LogP contribution >= 0.6 is 0 Å². The van der Waals surface area contributed by atoms with Gasteiger partial charge in [-0.15, -0.1) is 0 Å². The van der Waals surface area contributed by atoms with E-state index in [1.807, 2.05) is 59.0 Å². The highest BCUT2D eigenvalue weighted by atomic mass is 16.7. The fourth-order valence-electron chi connectivity index (χ4n) is 2.84. The van der Waals surface area contributed by atoms with Crippen molar-refractivity contribution in [3.63, 3.8) is 0 Å². The maximum Gasteiger partial charge on any atom is 0.494 e. The molecule has 1 fully saturated rings. The van der Waals surface area contributed by atoms with Crippen molar-refractivity contribution in [2.75, 3.05) is 6.61 Å². The third kappa shape index (κ3) is 2.96. The van der Waals surface area contributed by atoms with E-state index in [4.69, 9.17) is 14.0 Å². The number of nitrogens with one attached hydrogen (secondary N) is 1. The Morgan fingerprint density at radius 1 is 1.21 bits per heavy atom. The summed E-state index contributed by atoms with van der Waals surface area (Å²) in [5, 5.41) is 1.02. The molecule has 0 spiro atoms. The molecule has 0 saturated carbocycles. The van der Waals surface area contributed by atoms with E-state index in [1.54, 1.807) is 0 Å². The van der Waals surface area contributed by atoms with Crippen LogP contribution in [0.5, 0.6) is 0 Å². The zero-order chi connectivity index (χ0) is 17.5. The van der Waals surface area contributed by atoms with Gasteiger partial charge in [0.05, 0.1) is 24.2 Å². The minimum absolute atomic E-state index is 0.214. The van der Waals surface area contributed by atoms with Crippen LogP contribution in [-0.2, 0) is 25.3 Å². The van der Waals surface area contributed by atoms with E-state index >= 15 is 0 Å². The molecule has 5 nitrogen and oxygen atoms in total. The summed E-state index contributed by atoms with van der Waals surface area (Å²) in [4.78, 5) is 14.9. The van der Waals surface area contributed by atoms with Crippen LogP contribution in [0, 0.1) is 0 Å². The first-order valence-electron chi connectivity index (χ1n) is 8.34. The number of esters is 1. The Morgan fingerprint density at radius 2 is 1.88 bits per heavy atom. The molecule has 0 radical (unpaired) electrons. The molecule has 128 valence electrons. The minimum atomic E-state index is -0.392. The van der Waals surface area contributed by atoms with Gasteiger partial charge in [0.2, 0.25) is 0 Å². The average molecular weight is 329 g/mol. The predicted octanol–water partition coefficient (Wildman–Crippen LogP) is 2.57. The first-order valence-corrected chi connectivity index (χ1v) is 8.34. The van der Waals surface area contributed by atoms with Crippen molar-refractivity contribution in [1.82, 2.24) is 4.98 Å². The predicted molar refractivity (Wildman–Crippen MR) is 94.4 cm³/mol. The van der Waals surface area contributed by atoms with Gasteiger partial charge in [-0.05, 0) is 51.7 Å². The van der Waals surface area contributed by atoms with Crippen molar-refractivity contribution in [3.05, 3.63) is 30.0 Å². The second-order valence-corrected chi connectivity index (χ2v) is 7.19. The highest BCUT2D eigenvalue weighted by molar-refractivity contribution is 6.62. The zero-order valence-corrected chi connectivity index (χ0v) is 14.9. The Kier molecular flexibility index (Phi) is 4.22. The molecular formula is C18H24BNO4. The van der Waals surface area contributed by atoms with Gasteiger partial charge in [-0.2, -0.15) is 0 Å². The number of rotatable bonds is 4. The molecule has 0 bridgehead atoms. The molecule has 2 heterocycles. The van der Waals surface area contributed by atoms with E-state index in [0.717, 1.165) is 21.9 Å². The van der Waals surface area contributed by atoms with Crippen molar-refractivity contribution in [1.29, 1.82) is 0 Å². The minimum Gasteiger partial charge on any atom is -0.466 e. The van der Waals surface area contributed by atoms with Gasteiger partial charge in [0.25, 0.3) is 0 Å². The maximum absolute atomic E-state index is 11.7. The molecule has 3 rings (SSSR count). The fourth-order valence-corrected chi connectivity index (χ4v) is 2.84. The first-order chi connectivity index (χ1) is 11.2. The highest BCUT2D eigenvalue weighted by Gasteiger charge is 2.51. The summed E-state index contributed by atoms with van der Waals surface area (Å²) in [6.07, 6.45) is 2.12. The van der Waals surface area contributed by atoms with Crippen molar-refractivity contribution in [3.8, 4) is 0 Å². The van der Waals surface area contributed by atoms with Gasteiger partial charge < -0.3 is 19.0 Å². The first kappa shape index (κ1) is 17.1.